The van der Waals surface area contributed by atoms with Crippen molar-refractivity contribution in [1.29, 1.82) is 0 Å². The van der Waals surface area contributed by atoms with Crippen molar-refractivity contribution in [2.45, 2.75) is 36.7 Å². The average molecular weight is 277 g/mol. The minimum atomic E-state index is 0.506. The van der Waals surface area contributed by atoms with Crippen LogP contribution in [0, 0.1) is 0 Å². The van der Waals surface area contributed by atoms with Crippen LogP contribution in [0.15, 0.2) is 29.2 Å². The van der Waals surface area contributed by atoms with Crippen LogP contribution >= 0.6 is 11.8 Å². The zero-order valence-corrected chi connectivity index (χ0v) is 12.5. The molecule has 1 aromatic carbocycles. The van der Waals surface area contributed by atoms with Crippen molar-refractivity contribution < 1.29 is 4.74 Å². The number of nitrogens with zero attached hydrogens (tertiary/aromatic N) is 1. The minimum Gasteiger partial charge on any atom is -0.378 e. The first-order chi connectivity index (χ1) is 9.36. The number of hydrogen-bond acceptors (Lipinski definition) is 3. The number of piperidine rings is 1. The van der Waals surface area contributed by atoms with E-state index in [1.54, 1.807) is 5.56 Å². The predicted octanol–water partition coefficient (Wildman–Crippen LogP) is 3.38. The number of benzene rings is 1. The summed E-state index contributed by atoms with van der Waals surface area (Å²) >= 11 is 2.02. The maximum Gasteiger partial charge on any atom is 0.0599 e. The van der Waals surface area contributed by atoms with Crippen molar-refractivity contribution in [3.8, 4) is 0 Å². The van der Waals surface area contributed by atoms with Gasteiger partial charge in [0.1, 0.15) is 0 Å². The standard InChI is InChI=1S/C16H23NOS/c1-2-18-14-7-9-17(10-8-14)11-13-12-19-16-6-4-3-5-15(13)16/h3-6,13-14H,2,7-12H2,1H3. The molecule has 2 aliphatic heterocycles. The Kier molecular flexibility index (Phi) is 4.46. The fraction of sp³-hybridized carbons (Fsp3) is 0.625. The van der Waals surface area contributed by atoms with Gasteiger partial charge in [0.05, 0.1) is 6.10 Å². The van der Waals surface area contributed by atoms with Gasteiger partial charge in [-0.3, -0.25) is 0 Å². The number of rotatable bonds is 4. The van der Waals surface area contributed by atoms with Crippen molar-refractivity contribution in [3.05, 3.63) is 29.8 Å². The molecule has 0 amide bonds. The SMILES string of the molecule is CCOC1CCN(CC2CSc3ccccc32)CC1. The number of likely N-dealkylation sites (tertiary alicyclic amines) is 1. The molecule has 0 N–H and O–H groups in total. The lowest BCUT2D eigenvalue weighted by Gasteiger charge is -2.33. The Morgan fingerprint density at radius 3 is 2.84 bits per heavy atom. The monoisotopic (exact) mass is 277 g/mol. The Balaban J connectivity index is 1.54. The molecule has 1 unspecified atom stereocenters. The summed E-state index contributed by atoms with van der Waals surface area (Å²) in [7, 11) is 0. The van der Waals surface area contributed by atoms with E-state index >= 15 is 0 Å². The molecule has 3 rings (SSSR count). The van der Waals surface area contributed by atoms with Gasteiger partial charge in [-0.1, -0.05) is 18.2 Å². The second-order valence-electron chi connectivity index (χ2n) is 5.50. The highest BCUT2D eigenvalue weighted by Crippen LogP contribution is 2.39. The summed E-state index contributed by atoms with van der Waals surface area (Å²) in [5, 5.41) is 0. The highest BCUT2D eigenvalue weighted by molar-refractivity contribution is 7.99. The van der Waals surface area contributed by atoms with Gasteiger partial charge in [-0.15, -0.1) is 11.8 Å². The summed E-state index contributed by atoms with van der Waals surface area (Å²) in [6.07, 6.45) is 2.91. The average Bonchev–Trinajstić information content (AvgIpc) is 2.85. The lowest BCUT2D eigenvalue weighted by molar-refractivity contribution is 0.0134. The molecule has 1 aromatic rings. The molecule has 0 bridgehead atoms. The van der Waals surface area contributed by atoms with Crippen molar-refractivity contribution >= 4 is 11.8 Å². The second kappa shape index (κ2) is 6.29. The number of fused-ring (bicyclic) bond motifs is 1. The second-order valence-corrected chi connectivity index (χ2v) is 6.56. The molecule has 0 radical (unpaired) electrons. The van der Waals surface area contributed by atoms with Crippen LogP contribution in [-0.2, 0) is 4.74 Å². The molecule has 2 nitrogen and oxygen atoms in total. The molecule has 19 heavy (non-hydrogen) atoms. The Morgan fingerprint density at radius 1 is 1.26 bits per heavy atom. The third kappa shape index (κ3) is 3.15. The minimum absolute atomic E-state index is 0.506. The first kappa shape index (κ1) is 13.5. The van der Waals surface area contributed by atoms with E-state index in [0.29, 0.717) is 6.10 Å². The molecule has 1 saturated heterocycles. The van der Waals surface area contributed by atoms with Gasteiger partial charge < -0.3 is 9.64 Å². The van der Waals surface area contributed by atoms with Gasteiger partial charge in [-0.25, -0.2) is 0 Å². The van der Waals surface area contributed by atoms with Crippen molar-refractivity contribution in [3.63, 3.8) is 0 Å². The zero-order valence-electron chi connectivity index (χ0n) is 11.7. The fourth-order valence-corrected chi connectivity index (χ4v) is 4.43. The van der Waals surface area contributed by atoms with Crippen LogP contribution in [0.25, 0.3) is 0 Å². The Labute approximate surface area is 120 Å². The van der Waals surface area contributed by atoms with Crippen molar-refractivity contribution in [1.82, 2.24) is 4.90 Å². The van der Waals surface area contributed by atoms with Crippen LogP contribution in [0.1, 0.15) is 31.2 Å². The van der Waals surface area contributed by atoms with Gasteiger partial charge in [0, 0.05) is 42.8 Å². The summed E-state index contributed by atoms with van der Waals surface area (Å²) in [5.74, 6) is 1.98. The van der Waals surface area contributed by atoms with Gasteiger partial charge in [0.2, 0.25) is 0 Å². The molecule has 0 aliphatic carbocycles. The highest BCUT2D eigenvalue weighted by Gasteiger charge is 2.27. The molecular formula is C16H23NOS. The van der Waals surface area contributed by atoms with Crippen LogP contribution in [0.3, 0.4) is 0 Å². The maximum absolute atomic E-state index is 5.73. The lowest BCUT2D eigenvalue weighted by Crippen LogP contribution is -2.39. The van der Waals surface area contributed by atoms with Crippen LogP contribution in [0.5, 0.6) is 0 Å². The molecule has 1 atom stereocenters. The lowest BCUT2D eigenvalue weighted by atomic mass is 9.99. The summed E-state index contributed by atoms with van der Waals surface area (Å²) < 4.78 is 5.73. The molecule has 2 aliphatic rings. The first-order valence-corrected chi connectivity index (χ1v) is 8.41. The molecule has 0 aromatic heterocycles. The van der Waals surface area contributed by atoms with Crippen LogP contribution in [0.4, 0.5) is 0 Å². The number of hydrogen-bond donors (Lipinski definition) is 0. The summed E-state index contributed by atoms with van der Waals surface area (Å²) in [6, 6.07) is 8.91. The normalized spacial score (nSPS) is 24.6. The van der Waals surface area contributed by atoms with Crippen LogP contribution in [0.2, 0.25) is 0 Å². The van der Waals surface area contributed by atoms with Gasteiger partial charge in [-0.05, 0) is 31.4 Å². The smallest absolute Gasteiger partial charge is 0.0599 e. The first-order valence-electron chi connectivity index (χ1n) is 7.42. The maximum atomic E-state index is 5.73. The van der Waals surface area contributed by atoms with E-state index in [9.17, 15) is 0 Å². The van der Waals surface area contributed by atoms with Gasteiger partial charge in [0.15, 0.2) is 0 Å². The predicted molar refractivity (Wildman–Crippen MR) is 81.0 cm³/mol. The zero-order chi connectivity index (χ0) is 13.1. The topological polar surface area (TPSA) is 12.5 Å². The molecule has 104 valence electrons. The molecule has 1 fully saturated rings. The van der Waals surface area contributed by atoms with E-state index in [2.05, 4.69) is 36.1 Å². The van der Waals surface area contributed by atoms with E-state index in [1.807, 2.05) is 11.8 Å². The van der Waals surface area contributed by atoms with E-state index in [1.165, 1.54) is 43.1 Å². The molecule has 2 heterocycles. The van der Waals surface area contributed by atoms with E-state index in [0.717, 1.165) is 12.5 Å². The highest BCUT2D eigenvalue weighted by atomic mass is 32.2. The van der Waals surface area contributed by atoms with Gasteiger partial charge in [0.25, 0.3) is 0 Å². The summed E-state index contributed by atoms with van der Waals surface area (Å²) in [4.78, 5) is 4.12. The molecule has 0 spiro atoms. The van der Waals surface area contributed by atoms with Crippen LogP contribution < -0.4 is 0 Å². The van der Waals surface area contributed by atoms with E-state index < -0.39 is 0 Å². The van der Waals surface area contributed by atoms with Crippen LogP contribution in [-0.4, -0.2) is 43.0 Å². The Bertz CT molecular complexity index is 415. The number of ether oxygens (including phenoxy) is 1. The summed E-state index contributed by atoms with van der Waals surface area (Å²) in [6.45, 7) is 6.58. The quantitative estimate of drug-likeness (QED) is 0.837. The largest absolute Gasteiger partial charge is 0.378 e. The molecule has 3 heteroatoms. The summed E-state index contributed by atoms with van der Waals surface area (Å²) in [5.41, 5.74) is 1.57. The van der Waals surface area contributed by atoms with Crippen molar-refractivity contribution in [2.24, 2.45) is 0 Å². The van der Waals surface area contributed by atoms with E-state index in [-0.39, 0.29) is 0 Å². The van der Waals surface area contributed by atoms with Crippen molar-refractivity contribution in [2.75, 3.05) is 32.0 Å². The number of thioether (sulfide) groups is 1. The van der Waals surface area contributed by atoms with Gasteiger partial charge in [-0.2, -0.15) is 0 Å². The molecular weight excluding hydrogens is 254 g/mol. The van der Waals surface area contributed by atoms with E-state index in [4.69, 9.17) is 4.74 Å². The third-order valence-electron chi connectivity index (χ3n) is 4.21. The molecule has 0 saturated carbocycles. The Hall–Kier alpha value is -0.510. The fourth-order valence-electron chi connectivity index (χ4n) is 3.19. The van der Waals surface area contributed by atoms with Gasteiger partial charge >= 0.3 is 0 Å². The third-order valence-corrected chi connectivity index (χ3v) is 5.47. The Morgan fingerprint density at radius 2 is 2.05 bits per heavy atom.